The molecule has 98 valence electrons. The first-order valence-electron chi connectivity index (χ1n) is 7.17. The highest BCUT2D eigenvalue weighted by Crippen LogP contribution is 2.31. The molecule has 0 spiro atoms. The molecular weight excluding hydrogens is 212 g/mol. The zero-order chi connectivity index (χ0) is 12.3. The van der Waals surface area contributed by atoms with E-state index in [4.69, 9.17) is 5.73 Å². The van der Waals surface area contributed by atoms with E-state index in [1.165, 1.54) is 32.1 Å². The van der Waals surface area contributed by atoms with Gasteiger partial charge in [-0.25, -0.2) is 0 Å². The molecule has 1 aliphatic heterocycles. The smallest absolute Gasteiger partial charge is 0.222 e. The standard InChI is InChI=1S/C14H26N2O/c1-11-6-7-16(10-11)14(17)8-12-2-4-13(9-15)5-3-12/h11-13H,2-10,15H2,1H3. The van der Waals surface area contributed by atoms with Crippen LogP contribution < -0.4 is 5.73 Å². The third-order valence-corrected chi connectivity index (χ3v) is 4.54. The molecule has 2 N–H and O–H groups in total. The van der Waals surface area contributed by atoms with Gasteiger partial charge in [0.25, 0.3) is 0 Å². The Morgan fingerprint density at radius 1 is 1.18 bits per heavy atom. The summed E-state index contributed by atoms with van der Waals surface area (Å²) >= 11 is 0. The summed E-state index contributed by atoms with van der Waals surface area (Å²) < 4.78 is 0. The molecule has 1 aliphatic carbocycles. The van der Waals surface area contributed by atoms with E-state index in [1.54, 1.807) is 0 Å². The Bertz CT molecular complexity index is 259. The number of likely N-dealkylation sites (tertiary alicyclic amines) is 1. The van der Waals surface area contributed by atoms with Crippen LogP contribution in [0.15, 0.2) is 0 Å². The van der Waals surface area contributed by atoms with Crippen molar-refractivity contribution in [1.29, 1.82) is 0 Å². The largest absolute Gasteiger partial charge is 0.342 e. The van der Waals surface area contributed by atoms with E-state index in [9.17, 15) is 4.79 Å². The SMILES string of the molecule is CC1CCN(C(=O)CC2CCC(CN)CC2)C1. The molecule has 1 heterocycles. The number of carbonyl (C=O) groups excluding carboxylic acids is 1. The first-order valence-corrected chi connectivity index (χ1v) is 7.17. The number of amides is 1. The van der Waals surface area contributed by atoms with Gasteiger partial charge in [0, 0.05) is 19.5 Å². The van der Waals surface area contributed by atoms with Gasteiger partial charge >= 0.3 is 0 Å². The lowest BCUT2D eigenvalue weighted by Gasteiger charge is -2.28. The first kappa shape index (κ1) is 12.9. The Labute approximate surface area is 105 Å². The molecule has 3 nitrogen and oxygen atoms in total. The zero-order valence-corrected chi connectivity index (χ0v) is 11.0. The van der Waals surface area contributed by atoms with Crippen molar-refractivity contribution in [1.82, 2.24) is 4.90 Å². The number of hydrogen-bond donors (Lipinski definition) is 1. The van der Waals surface area contributed by atoms with E-state index in [0.29, 0.717) is 23.7 Å². The van der Waals surface area contributed by atoms with Crippen molar-refractivity contribution in [2.24, 2.45) is 23.5 Å². The van der Waals surface area contributed by atoms with Crippen molar-refractivity contribution in [3.05, 3.63) is 0 Å². The molecule has 2 fully saturated rings. The van der Waals surface area contributed by atoms with Crippen molar-refractivity contribution in [3.63, 3.8) is 0 Å². The fourth-order valence-corrected chi connectivity index (χ4v) is 3.21. The summed E-state index contributed by atoms with van der Waals surface area (Å²) in [6.07, 6.45) is 6.83. The van der Waals surface area contributed by atoms with Crippen molar-refractivity contribution in [3.8, 4) is 0 Å². The highest BCUT2D eigenvalue weighted by Gasteiger charge is 2.27. The summed E-state index contributed by atoms with van der Waals surface area (Å²) in [4.78, 5) is 14.2. The van der Waals surface area contributed by atoms with Gasteiger partial charge in [-0.05, 0) is 56.4 Å². The van der Waals surface area contributed by atoms with Crippen molar-refractivity contribution >= 4 is 5.91 Å². The Kier molecular flexibility index (Phi) is 4.43. The number of rotatable bonds is 3. The van der Waals surface area contributed by atoms with Crippen LogP contribution in [0.2, 0.25) is 0 Å². The second-order valence-corrected chi connectivity index (χ2v) is 6.06. The van der Waals surface area contributed by atoms with Gasteiger partial charge in [-0.2, -0.15) is 0 Å². The highest BCUT2D eigenvalue weighted by molar-refractivity contribution is 5.76. The molecule has 1 unspecified atom stereocenters. The van der Waals surface area contributed by atoms with Crippen LogP contribution in [0.1, 0.15) is 45.4 Å². The highest BCUT2D eigenvalue weighted by atomic mass is 16.2. The summed E-state index contributed by atoms with van der Waals surface area (Å²) in [6, 6.07) is 0. The van der Waals surface area contributed by atoms with Gasteiger partial charge in [0.1, 0.15) is 0 Å². The first-order chi connectivity index (χ1) is 8.19. The third-order valence-electron chi connectivity index (χ3n) is 4.54. The summed E-state index contributed by atoms with van der Waals surface area (Å²) in [5.74, 6) is 2.44. The van der Waals surface area contributed by atoms with Crippen LogP contribution in [-0.2, 0) is 4.79 Å². The zero-order valence-electron chi connectivity index (χ0n) is 11.0. The Morgan fingerprint density at radius 2 is 1.82 bits per heavy atom. The predicted octanol–water partition coefficient (Wildman–Crippen LogP) is 2.01. The molecule has 17 heavy (non-hydrogen) atoms. The van der Waals surface area contributed by atoms with Crippen LogP contribution in [0.4, 0.5) is 0 Å². The Morgan fingerprint density at radius 3 is 2.35 bits per heavy atom. The molecule has 1 atom stereocenters. The van der Waals surface area contributed by atoms with Crippen LogP contribution >= 0.6 is 0 Å². The third kappa shape index (κ3) is 3.44. The minimum atomic E-state index is 0.394. The molecule has 0 aromatic carbocycles. The van der Waals surface area contributed by atoms with Crippen LogP contribution in [0.5, 0.6) is 0 Å². The van der Waals surface area contributed by atoms with Gasteiger partial charge in [0.15, 0.2) is 0 Å². The van der Waals surface area contributed by atoms with E-state index >= 15 is 0 Å². The van der Waals surface area contributed by atoms with Gasteiger partial charge < -0.3 is 10.6 Å². The van der Waals surface area contributed by atoms with Crippen LogP contribution in [-0.4, -0.2) is 30.4 Å². The van der Waals surface area contributed by atoms with E-state index in [1.807, 2.05) is 0 Å². The van der Waals surface area contributed by atoms with Gasteiger partial charge in [-0.15, -0.1) is 0 Å². The lowest BCUT2D eigenvalue weighted by molar-refractivity contribution is -0.131. The fraction of sp³-hybridized carbons (Fsp3) is 0.929. The molecule has 2 rings (SSSR count). The van der Waals surface area contributed by atoms with Crippen molar-refractivity contribution in [2.75, 3.05) is 19.6 Å². The van der Waals surface area contributed by atoms with E-state index in [2.05, 4.69) is 11.8 Å². The van der Waals surface area contributed by atoms with E-state index in [-0.39, 0.29) is 0 Å². The topological polar surface area (TPSA) is 46.3 Å². The molecular formula is C14H26N2O. The van der Waals surface area contributed by atoms with Gasteiger partial charge in [-0.1, -0.05) is 6.92 Å². The number of nitrogens with two attached hydrogens (primary N) is 1. The van der Waals surface area contributed by atoms with E-state index in [0.717, 1.165) is 26.1 Å². The molecule has 1 amide bonds. The molecule has 0 aromatic rings. The minimum absolute atomic E-state index is 0.394. The Hall–Kier alpha value is -0.570. The molecule has 2 aliphatic rings. The molecule has 0 radical (unpaired) electrons. The van der Waals surface area contributed by atoms with Crippen LogP contribution in [0.3, 0.4) is 0 Å². The maximum absolute atomic E-state index is 12.1. The van der Waals surface area contributed by atoms with Gasteiger partial charge in [-0.3, -0.25) is 4.79 Å². The van der Waals surface area contributed by atoms with Crippen LogP contribution in [0.25, 0.3) is 0 Å². The molecule has 0 bridgehead atoms. The number of nitrogens with zero attached hydrogens (tertiary/aromatic N) is 1. The minimum Gasteiger partial charge on any atom is -0.342 e. The lowest BCUT2D eigenvalue weighted by atomic mass is 9.80. The molecule has 3 heteroatoms. The second-order valence-electron chi connectivity index (χ2n) is 6.06. The fourth-order valence-electron chi connectivity index (χ4n) is 3.21. The average molecular weight is 238 g/mol. The molecule has 0 aromatic heterocycles. The maximum atomic E-state index is 12.1. The normalized spacial score (nSPS) is 34.0. The molecule has 1 saturated heterocycles. The van der Waals surface area contributed by atoms with Crippen molar-refractivity contribution < 1.29 is 4.79 Å². The monoisotopic (exact) mass is 238 g/mol. The summed E-state index contributed by atoms with van der Waals surface area (Å²) in [5, 5.41) is 0. The summed E-state index contributed by atoms with van der Waals surface area (Å²) in [6.45, 7) is 5.03. The quantitative estimate of drug-likeness (QED) is 0.817. The second kappa shape index (κ2) is 5.85. The maximum Gasteiger partial charge on any atom is 0.222 e. The van der Waals surface area contributed by atoms with Crippen LogP contribution in [0, 0.1) is 17.8 Å². The van der Waals surface area contributed by atoms with Gasteiger partial charge in [0.05, 0.1) is 0 Å². The average Bonchev–Trinajstić information content (AvgIpc) is 2.77. The van der Waals surface area contributed by atoms with Gasteiger partial charge in [0.2, 0.25) is 5.91 Å². The predicted molar refractivity (Wildman–Crippen MR) is 69.5 cm³/mol. The lowest BCUT2D eigenvalue weighted by Crippen LogP contribution is -2.31. The molecule has 1 saturated carbocycles. The number of carbonyl (C=O) groups is 1. The van der Waals surface area contributed by atoms with Crippen molar-refractivity contribution in [2.45, 2.75) is 45.4 Å². The summed E-state index contributed by atoms with van der Waals surface area (Å²) in [5.41, 5.74) is 5.69. The Balaban J connectivity index is 1.72. The summed E-state index contributed by atoms with van der Waals surface area (Å²) in [7, 11) is 0. The number of hydrogen-bond acceptors (Lipinski definition) is 2. The van der Waals surface area contributed by atoms with E-state index < -0.39 is 0 Å².